The van der Waals surface area contributed by atoms with E-state index in [4.69, 9.17) is 15.3 Å². The Bertz CT molecular complexity index is 590. The highest BCUT2D eigenvalue weighted by Crippen LogP contribution is 2.16. The second-order valence-corrected chi connectivity index (χ2v) is 4.51. The lowest BCUT2D eigenvalue weighted by Crippen LogP contribution is -2.40. The van der Waals surface area contributed by atoms with Gasteiger partial charge in [0, 0.05) is 26.7 Å². The second kappa shape index (κ2) is 10.9. The Kier molecular flexibility index (Phi) is 8.61. The highest BCUT2D eigenvalue weighted by Gasteiger charge is 2.07. The Morgan fingerprint density at radius 1 is 1.35 bits per heavy atom. The molecule has 0 saturated heterocycles. The van der Waals surface area contributed by atoms with Crippen molar-refractivity contribution < 1.29 is 9.84 Å². The number of hydrogen-bond acceptors (Lipinski definition) is 6. The normalized spacial score (nSPS) is 11.9. The van der Waals surface area contributed by atoms with Gasteiger partial charge in [-0.1, -0.05) is 12.1 Å². The van der Waals surface area contributed by atoms with Crippen molar-refractivity contribution in [2.45, 2.75) is 6.10 Å². The van der Waals surface area contributed by atoms with Gasteiger partial charge in [-0.15, -0.1) is 0 Å². The molecule has 0 radical (unpaired) electrons. The van der Waals surface area contributed by atoms with Crippen molar-refractivity contribution in [2.75, 3.05) is 33.3 Å². The van der Waals surface area contributed by atoms with E-state index in [9.17, 15) is 5.11 Å². The van der Waals surface area contributed by atoms with Crippen LogP contribution < -0.4 is 20.7 Å². The molecule has 0 bridgehead atoms. The molecule has 4 N–H and O–H groups in total. The lowest BCUT2D eigenvalue weighted by molar-refractivity contribution is 0.106. The van der Waals surface area contributed by atoms with Crippen LogP contribution in [-0.4, -0.2) is 50.5 Å². The quantitative estimate of drug-likeness (QED) is 0.168. The molecule has 122 valence electrons. The van der Waals surface area contributed by atoms with Crippen LogP contribution in [0.1, 0.15) is 5.56 Å². The van der Waals surface area contributed by atoms with E-state index < -0.39 is 6.10 Å². The van der Waals surface area contributed by atoms with Crippen LogP contribution in [-0.2, 0) is 0 Å². The molecule has 0 aliphatic rings. The van der Waals surface area contributed by atoms with Crippen LogP contribution >= 0.6 is 0 Å². The van der Waals surface area contributed by atoms with Crippen molar-refractivity contribution in [1.29, 1.82) is 10.5 Å². The van der Waals surface area contributed by atoms with Crippen LogP contribution in [0.4, 0.5) is 0 Å². The van der Waals surface area contributed by atoms with Crippen LogP contribution in [0.3, 0.4) is 0 Å². The number of aliphatic imine (C=N–C) groups is 1. The molecule has 0 spiro atoms. The summed E-state index contributed by atoms with van der Waals surface area (Å²) in [6.07, 6.45) is 1.08. The summed E-state index contributed by atoms with van der Waals surface area (Å²) in [6.45, 7) is 1.57. The summed E-state index contributed by atoms with van der Waals surface area (Å²) in [6, 6.07) is 8.91. The summed E-state index contributed by atoms with van der Waals surface area (Å²) in [4.78, 5) is 3.84. The number of aliphatic hydroxyl groups is 1. The lowest BCUT2D eigenvalue weighted by atomic mass is 10.2. The lowest BCUT2D eigenvalue weighted by Gasteiger charge is -2.14. The first-order chi connectivity index (χ1) is 11.2. The second-order valence-electron chi connectivity index (χ2n) is 4.51. The van der Waals surface area contributed by atoms with Gasteiger partial charge in [-0.05, 0) is 12.1 Å². The van der Waals surface area contributed by atoms with E-state index in [0.29, 0.717) is 36.9 Å². The minimum Gasteiger partial charge on any atom is -0.489 e. The topological polar surface area (TPSA) is 125 Å². The Morgan fingerprint density at radius 2 is 2.13 bits per heavy atom. The fourth-order valence-corrected chi connectivity index (χ4v) is 1.70. The molecule has 0 aromatic heterocycles. The molecule has 1 unspecified atom stereocenters. The van der Waals surface area contributed by atoms with Crippen molar-refractivity contribution in [3.63, 3.8) is 0 Å². The van der Waals surface area contributed by atoms with Gasteiger partial charge in [-0.3, -0.25) is 10.3 Å². The summed E-state index contributed by atoms with van der Waals surface area (Å²) >= 11 is 0. The molecular formula is C15H20N6O2. The standard InChI is InChI=1S/C15H20N6O2/c1-18-15(21-11-17)20-7-6-19-9-13(22)10-23-14-5-3-2-4-12(14)8-16/h2-5,13,19,22H,6-7,9-10H2,1H3,(H2,18,20,21). The molecule has 0 amide bonds. The first-order valence-electron chi connectivity index (χ1n) is 7.07. The summed E-state index contributed by atoms with van der Waals surface area (Å²) in [5.74, 6) is 0.855. The predicted octanol–water partition coefficient (Wildman–Crippen LogP) is -0.466. The number of nitriles is 2. The van der Waals surface area contributed by atoms with Gasteiger partial charge in [0.25, 0.3) is 0 Å². The van der Waals surface area contributed by atoms with Crippen LogP contribution in [0.15, 0.2) is 29.3 Å². The predicted molar refractivity (Wildman–Crippen MR) is 85.6 cm³/mol. The van der Waals surface area contributed by atoms with Crippen LogP contribution in [0.25, 0.3) is 0 Å². The number of nitrogens with one attached hydrogen (secondary N) is 3. The summed E-state index contributed by atoms with van der Waals surface area (Å²) < 4.78 is 5.44. The van der Waals surface area contributed by atoms with Crippen molar-refractivity contribution in [3.8, 4) is 18.0 Å². The zero-order chi connectivity index (χ0) is 16.9. The molecule has 0 heterocycles. The number of rotatable bonds is 8. The van der Waals surface area contributed by atoms with E-state index in [0.717, 1.165) is 0 Å². The summed E-state index contributed by atoms with van der Waals surface area (Å²) in [5.41, 5.74) is 0.438. The van der Waals surface area contributed by atoms with E-state index in [2.05, 4.69) is 20.9 Å². The van der Waals surface area contributed by atoms with Crippen molar-refractivity contribution in [2.24, 2.45) is 4.99 Å². The third kappa shape index (κ3) is 7.14. The van der Waals surface area contributed by atoms with Gasteiger partial charge in [0.2, 0.25) is 5.96 Å². The monoisotopic (exact) mass is 316 g/mol. The third-order valence-electron chi connectivity index (χ3n) is 2.81. The fraction of sp³-hybridized carbons (Fsp3) is 0.400. The van der Waals surface area contributed by atoms with Gasteiger partial charge in [-0.25, -0.2) is 0 Å². The minimum absolute atomic E-state index is 0.0940. The van der Waals surface area contributed by atoms with Crippen molar-refractivity contribution >= 4 is 5.96 Å². The Balaban J connectivity index is 2.19. The molecule has 0 aliphatic heterocycles. The molecule has 0 saturated carbocycles. The fourth-order valence-electron chi connectivity index (χ4n) is 1.70. The highest BCUT2D eigenvalue weighted by atomic mass is 16.5. The number of para-hydroxylation sites is 1. The molecule has 1 atom stereocenters. The molecule has 1 rings (SSSR count). The number of guanidine groups is 1. The van der Waals surface area contributed by atoms with Gasteiger partial charge >= 0.3 is 0 Å². The van der Waals surface area contributed by atoms with Gasteiger partial charge in [0.05, 0.1) is 5.56 Å². The van der Waals surface area contributed by atoms with Crippen molar-refractivity contribution in [1.82, 2.24) is 16.0 Å². The molecule has 0 fully saturated rings. The van der Waals surface area contributed by atoms with Gasteiger partial charge in [0.1, 0.15) is 24.5 Å². The summed E-state index contributed by atoms with van der Waals surface area (Å²) in [5, 5.41) is 35.6. The van der Waals surface area contributed by atoms with Crippen LogP contribution in [0.2, 0.25) is 0 Å². The van der Waals surface area contributed by atoms with E-state index >= 15 is 0 Å². The van der Waals surface area contributed by atoms with Gasteiger partial charge in [0.15, 0.2) is 6.19 Å². The Morgan fingerprint density at radius 3 is 2.83 bits per heavy atom. The van der Waals surface area contributed by atoms with Crippen molar-refractivity contribution in [3.05, 3.63) is 29.8 Å². The van der Waals surface area contributed by atoms with E-state index in [-0.39, 0.29) is 6.61 Å². The highest BCUT2D eigenvalue weighted by molar-refractivity contribution is 5.80. The first-order valence-corrected chi connectivity index (χ1v) is 7.07. The molecule has 8 heteroatoms. The molecular weight excluding hydrogens is 296 g/mol. The number of benzene rings is 1. The number of ether oxygens (including phenoxy) is 1. The number of nitrogens with zero attached hydrogens (tertiary/aromatic N) is 3. The molecule has 8 nitrogen and oxygen atoms in total. The molecule has 1 aromatic carbocycles. The largest absolute Gasteiger partial charge is 0.489 e. The van der Waals surface area contributed by atoms with E-state index in [1.165, 1.54) is 0 Å². The maximum Gasteiger partial charge on any atom is 0.204 e. The third-order valence-corrected chi connectivity index (χ3v) is 2.81. The van der Waals surface area contributed by atoms with E-state index in [1.807, 2.05) is 6.07 Å². The number of aliphatic hydroxyl groups excluding tert-OH is 1. The van der Waals surface area contributed by atoms with Crippen LogP contribution in [0, 0.1) is 22.8 Å². The van der Waals surface area contributed by atoms with Crippen LogP contribution in [0.5, 0.6) is 5.75 Å². The molecule has 0 aliphatic carbocycles. The number of hydrogen-bond donors (Lipinski definition) is 4. The summed E-state index contributed by atoms with van der Waals surface area (Å²) in [7, 11) is 1.57. The Hall–Kier alpha value is -2.81. The molecule has 1 aromatic rings. The zero-order valence-corrected chi connectivity index (χ0v) is 12.9. The maximum absolute atomic E-state index is 9.84. The van der Waals surface area contributed by atoms with Gasteiger partial charge < -0.3 is 20.5 Å². The average Bonchev–Trinajstić information content (AvgIpc) is 2.58. The first kappa shape index (κ1) is 18.2. The Labute approximate surface area is 135 Å². The van der Waals surface area contributed by atoms with Gasteiger partial charge in [-0.2, -0.15) is 10.5 Å². The smallest absolute Gasteiger partial charge is 0.204 e. The minimum atomic E-state index is -0.696. The maximum atomic E-state index is 9.84. The molecule has 23 heavy (non-hydrogen) atoms. The zero-order valence-electron chi connectivity index (χ0n) is 12.9. The SMILES string of the molecule is CN=C(NC#N)NCCNCC(O)COc1ccccc1C#N. The average molecular weight is 316 g/mol. The van der Waals surface area contributed by atoms with E-state index in [1.54, 1.807) is 37.5 Å².